The lowest BCUT2D eigenvalue weighted by molar-refractivity contribution is -0.254. The van der Waals surface area contributed by atoms with Gasteiger partial charge in [-0.3, -0.25) is 9.69 Å². The molecule has 0 N–H and O–H groups in total. The number of aromatic carboxylic acids is 1. The quantitative estimate of drug-likeness (QED) is 0.707. The first-order valence-corrected chi connectivity index (χ1v) is 5.40. The molecule has 0 radical (unpaired) electrons. The molecule has 1 aromatic heterocycles. The Labute approximate surface area is 90.4 Å². The smallest absolute Gasteiger partial charge is 0.228 e. The zero-order chi connectivity index (χ0) is 11.0. The molecule has 0 atom stereocenters. The van der Waals surface area contributed by atoms with Crippen LogP contribution in [0, 0.1) is 6.92 Å². The van der Waals surface area contributed by atoms with Gasteiger partial charge in [-0.05, 0) is 13.3 Å². The summed E-state index contributed by atoms with van der Waals surface area (Å²) in [5, 5.41) is 11.2. The van der Waals surface area contributed by atoms with Gasteiger partial charge < -0.3 is 9.90 Å². The summed E-state index contributed by atoms with van der Waals surface area (Å²) in [6, 6.07) is 0. The van der Waals surface area contributed by atoms with Crippen molar-refractivity contribution < 1.29 is 14.7 Å². The molecule has 15 heavy (non-hydrogen) atoms. The number of aryl methyl sites for hydroxylation is 1. The Morgan fingerprint density at radius 1 is 1.60 bits per heavy atom. The molecule has 1 saturated heterocycles. The van der Waals surface area contributed by atoms with Crippen molar-refractivity contribution in [2.75, 3.05) is 11.4 Å². The van der Waals surface area contributed by atoms with Crippen LogP contribution < -0.4 is 10.0 Å². The van der Waals surface area contributed by atoms with Crippen LogP contribution >= 0.6 is 11.3 Å². The van der Waals surface area contributed by atoms with Gasteiger partial charge in [0.15, 0.2) is 5.13 Å². The Kier molecular flexibility index (Phi) is 2.44. The van der Waals surface area contributed by atoms with Gasteiger partial charge >= 0.3 is 0 Å². The monoisotopic (exact) mass is 225 g/mol. The predicted octanol–water partition coefficient (Wildman–Crippen LogP) is -0.0582. The number of amides is 1. The number of aromatic nitrogens is 1. The molecule has 0 spiro atoms. The van der Waals surface area contributed by atoms with Gasteiger partial charge in [-0.25, -0.2) is 4.98 Å². The molecule has 1 aliphatic heterocycles. The molecule has 6 heteroatoms. The first-order chi connectivity index (χ1) is 7.09. The second-order valence-electron chi connectivity index (χ2n) is 3.35. The zero-order valence-electron chi connectivity index (χ0n) is 8.15. The van der Waals surface area contributed by atoms with Crippen LogP contribution in [0.2, 0.25) is 0 Å². The van der Waals surface area contributed by atoms with Gasteiger partial charge in [-0.15, -0.1) is 0 Å². The lowest BCUT2D eigenvalue weighted by Crippen LogP contribution is -2.23. The average Bonchev–Trinajstić information content (AvgIpc) is 2.71. The maximum absolute atomic E-state index is 11.4. The SMILES string of the molecule is Cc1nc(N2CCCC2=O)sc1C(=O)[O-]. The maximum atomic E-state index is 11.4. The van der Waals surface area contributed by atoms with Gasteiger partial charge in [0.25, 0.3) is 0 Å². The fourth-order valence-electron chi connectivity index (χ4n) is 1.54. The van der Waals surface area contributed by atoms with Crippen molar-refractivity contribution in [1.82, 2.24) is 4.98 Å². The molecule has 2 rings (SSSR count). The van der Waals surface area contributed by atoms with E-state index < -0.39 is 5.97 Å². The zero-order valence-corrected chi connectivity index (χ0v) is 8.97. The number of carboxylic acids is 1. The second-order valence-corrected chi connectivity index (χ2v) is 4.32. The minimum Gasteiger partial charge on any atom is -0.544 e. The average molecular weight is 225 g/mol. The van der Waals surface area contributed by atoms with E-state index in [4.69, 9.17) is 0 Å². The number of carboxylic acid groups (broad SMARTS) is 1. The van der Waals surface area contributed by atoms with E-state index in [9.17, 15) is 14.7 Å². The number of thiazole rings is 1. The van der Waals surface area contributed by atoms with Crippen LogP contribution in [0.4, 0.5) is 5.13 Å². The largest absolute Gasteiger partial charge is 0.544 e. The van der Waals surface area contributed by atoms with Crippen molar-refractivity contribution in [3.63, 3.8) is 0 Å². The van der Waals surface area contributed by atoms with Gasteiger partial charge in [0, 0.05) is 13.0 Å². The normalized spacial score (nSPS) is 16.1. The van der Waals surface area contributed by atoms with E-state index in [1.807, 2.05) is 0 Å². The minimum absolute atomic E-state index is 0.00801. The summed E-state index contributed by atoms with van der Waals surface area (Å²) in [5.41, 5.74) is 0.412. The van der Waals surface area contributed by atoms with Crippen LogP contribution in [0.5, 0.6) is 0 Å². The second kappa shape index (κ2) is 3.62. The van der Waals surface area contributed by atoms with E-state index in [1.165, 1.54) is 4.90 Å². The molecule has 0 aromatic carbocycles. The van der Waals surface area contributed by atoms with Crippen LogP contribution in [0.1, 0.15) is 28.2 Å². The Hall–Kier alpha value is -1.43. The van der Waals surface area contributed by atoms with E-state index >= 15 is 0 Å². The van der Waals surface area contributed by atoms with Crippen molar-refractivity contribution in [2.24, 2.45) is 0 Å². The van der Waals surface area contributed by atoms with Crippen LogP contribution in [0.25, 0.3) is 0 Å². The maximum Gasteiger partial charge on any atom is 0.228 e. The summed E-state index contributed by atoms with van der Waals surface area (Å²) in [5.74, 6) is -1.23. The number of carbonyl (C=O) groups is 2. The Morgan fingerprint density at radius 3 is 2.80 bits per heavy atom. The van der Waals surface area contributed by atoms with E-state index in [0.717, 1.165) is 17.8 Å². The lowest BCUT2D eigenvalue weighted by atomic mass is 10.4. The summed E-state index contributed by atoms with van der Waals surface area (Å²) in [7, 11) is 0. The van der Waals surface area contributed by atoms with Gasteiger partial charge in [0.2, 0.25) is 5.91 Å². The number of anilines is 1. The van der Waals surface area contributed by atoms with Crippen LogP contribution in [-0.2, 0) is 4.79 Å². The lowest BCUT2D eigenvalue weighted by Gasteiger charge is -2.10. The van der Waals surface area contributed by atoms with Crippen molar-refractivity contribution in [3.05, 3.63) is 10.6 Å². The summed E-state index contributed by atoms with van der Waals surface area (Å²) in [4.78, 5) is 27.8. The van der Waals surface area contributed by atoms with Gasteiger partial charge in [-0.2, -0.15) is 0 Å². The molecule has 80 valence electrons. The van der Waals surface area contributed by atoms with Crippen molar-refractivity contribution >= 4 is 28.3 Å². The van der Waals surface area contributed by atoms with Crippen LogP contribution in [-0.4, -0.2) is 23.4 Å². The Morgan fingerprint density at radius 2 is 2.33 bits per heavy atom. The van der Waals surface area contributed by atoms with Crippen molar-refractivity contribution in [3.8, 4) is 0 Å². The van der Waals surface area contributed by atoms with Crippen molar-refractivity contribution in [2.45, 2.75) is 19.8 Å². The molecule has 0 aliphatic carbocycles. The first-order valence-electron chi connectivity index (χ1n) is 4.58. The highest BCUT2D eigenvalue weighted by atomic mass is 32.1. The van der Waals surface area contributed by atoms with Gasteiger partial charge in [-0.1, -0.05) is 11.3 Å². The molecule has 1 aromatic rings. The summed E-state index contributed by atoms with van der Waals surface area (Å²) >= 11 is 1.00. The molecule has 2 heterocycles. The summed E-state index contributed by atoms with van der Waals surface area (Å²) in [6.45, 7) is 2.23. The van der Waals surface area contributed by atoms with Crippen LogP contribution in [0.15, 0.2) is 0 Å². The van der Waals surface area contributed by atoms with E-state index in [0.29, 0.717) is 23.8 Å². The first kappa shape index (κ1) is 10.1. The number of hydrogen-bond donors (Lipinski definition) is 0. The number of carbonyl (C=O) groups excluding carboxylic acids is 2. The molecule has 0 bridgehead atoms. The topological polar surface area (TPSA) is 73.3 Å². The third kappa shape index (κ3) is 1.72. The summed E-state index contributed by atoms with van der Waals surface area (Å²) < 4.78 is 0. The van der Waals surface area contributed by atoms with E-state index in [1.54, 1.807) is 6.92 Å². The Bertz CT molecular complexity index is 427. The Balaban J connectivity index is 2.33. The number of rotatable bonds is 2. The number of hydrogen-bond acceptors (Lipinski definition) is 5. The fourth-order valence-corrected chi connectivity index (χ4v) is 2.48. The molecular weight excluding hydrogens is 216 g/mol. The predicted molar refractivity (Wildman–Crippen MR) is 52.8 cm³/mol. The van der Waals surface area contributed by atoms with Gasteiger partial charge in [0.05, 0.1) is 16.5 Å². The molecule has 1 aliphatic rings. The third-order valence-corrected chi connectivity index (χ3v) is 3.44. The standard InChI is InChI=1S/C9H10N2O3S/c1-5-7(8(13)14)15-9(10-5)11-4-2-3-6(11)12/h2-4H2,1H3,(H,13,14)/p-1. The van der Waals surface area contributed by atoms with Crippen molar-refractivity contribution in [1.29, 1.82) is 0 Å². The van der Waals surface area contributed by atoms with Crippen LogP contribution in [0.3, 0.4) is 0 Å². The molecule has 0 unspecified atom stereocenters. The molecule has 1 fully saturated rings. The number of nitrogens with zero attached hydrogens (tertiary/aromatic N) is 2. The molecule has 1 amide bonds. The third-order valence-electron chi connectivity index (χ3n) is 2.28. The highest BCUT2D eigenvalue weighted by Crippen LogP contribution is 2.28. The van der Waals surface area contributed by atoms with E-state index in [-0.39, 0.29) is 10.8 Å². The van der Waals surface area contributed by atoms with Gasteiger partial charge in [0.1, 0.15) is 0 Å². The highest BCUT2D eigenvalue weighted by Gasteiger charge is 2.25. The van der Waals surface area contributed by atoms with E-state index in [2.05, 4.69) is 4.98 Å². The minimum atomic E-state index is -1.23. The molecule has 0 saturated carbocycles. The highest BCUT2D eigenvalue weighted by molar-refractivity contribution is 7.17. The molecule has 5 nitrogen and oxygen atoms in total. The molecular formula is C9H9N2O3S-. The fraction of sp³-hybridized carbons (Fsp3) is 0.444. The summed E-state index contributed by atoms with van der Waals surface area (Å²) in [6.07, 6.45) is 1.32.